The summed E-state index contributed by atoms with van der Waals surface area (Å²) in [5, 5.41) is 26.9. The number of carbonyl (C=O) groups excluding carboxylic acids is 3. The van der Waals surface area contributed by atoms with Crippen molar-refractivity contribution in [1.29, 1.82) is 0 Å². The Labute approximate surface area is 262 Å². The number of benzene rings is 3. The molecule has 4 heterocycles. The standard InChI is InChI=1S/C33H35N5O8/c1-44-28-20(14-39)45-32(29(27(28)40)46-33(43)17(35)10-6-7-13-34)38-19-12-5-3-9-16(19)22-24-23(30(41)37-31(24)42)21-15-8-2-4-11-18(15)36-25(21)26(22)38/h2-5,8-9,11-12,17,20,27-29,32,36,39-40H,6-7,10,13-14,34-35H2,1H3,(H,37,41,42). The minimum atomic E-state index is -1.44. The molecule has 2 aliphatic heterocycles. The highest BCUT2D eigenvalue weighted by atomic mass is 16.6. The minimum Gasteiger partial charge on any atom is -0.453 e. The van der Waals surface area contributed by atoms with Crippen LogP contribution in [-0.2, 0) is 19.0 Å². The molecular weight excluding hydrogens is 594 g/mol. The highest BCUT2D eigenvalue weighted by Crippen LogP contribution is 2.46. The number of aliphatic hydroxyl groups excluding tert-OH is 2. The minimum absolute atomic E-state index is 0.215. The first kappa shape index (κ1) is 30.3. The molecule has 3 aromatic carbocycles. The number of aliphatic hydroxyl groups is 2. The van der Waals surface area contributed by atoms with Crippen LogP contribution in [0.2, 0.25) is 0 Å². The van der Waals surface area contributed by atoms with Crippen LogP contribution < -0.4 is 16.8 Å². The van der Waals surface area contributed by atoms with Gasteiger partial charge in [-0.3, -0.25) is 19.7 Å². The van der Waals surface area contributed by atoms with Gasteiger partial charge in [0.2, 0.25) is 0 Å². The van der Waals surface area contributed by atoms with E-state index in [1.165, 1.54) is 7.11 Å². The molecule has 8 N–H and O–H groups in total. The second-order valence-corrected chi connectivity index (χ2v) is 11.8. The number of imide groups is 1. The van der Waals surface area contributed by atoms with Crippen LogP contribution in [-0.4, -0.2) is 88.3 Å². The second kappa shape index (κ2) is 11.8. The van der Waals surface area contributed by atoms with Crippen LogP contribution in [0.4, 0.5) is 0 Å². The van der Waals surface area contributed by atoms with E-state index in [0.29, 0.717) is 58.5 Å². The lowest BCUT2D eigenvalue weighted by Crippen LogP contribution is -2.59. The van der Waals surface area contributed by atoms with E-state index < -0.39 is 61.1 Å². The number of nitrogens with two attached hydrogens (primary N) is 2. The molecule has 6 unspecified atom stereocenters. The molecule has 0 saturated carbocycles. The van der Waals surface area contributed by atoms with Crippen molar-refractivity contribution in [2.75, 3.05) is 20.3 Å². The summed E-state index contributed by atoms with van der Waals surface area (Å²) in [6, 6.07) is 13.7. The number of nitrogens with one attached hydrogen (secondary N) is 2. The molecule has 0 bridgehead atoms. The maximum absolute atomic E-state index is 13.5. The fraction of sp³-hybridized carbons (Fsp3) is 0.364. The maximum atomic E-state index is 13.5. The summed E-state index contributed by atoms with van der Waals surface area (Å²) in [6.45, 7) is -0.0447. The van der Waals surface area contributed by atoms with Crippen molar-refractivity contribution in [1.82, 2.24) is 14.9 Å². The Morgan fingerprint density at radius 1 is 1.02 bits per heavy atom. The van der Waals surface area contributed by atoms with E-state index in [1.807, 2.05) is 42.5 Å². The van der Waals surface area contributed by atoms with Crippen LogP contribution in [0.3, 0.4) is 0 Å². The van der Waals surface area contributed by atoms with Crippen LogP contribution in [0, 0.1) is 0 Å². The second-order valence-electron chi connectivity index (χ2n) is 11.8. The van der Waals surface area contributed by atoms with Crippen LogP contribution >= 0.6 is 0 Å². The SMILES string of the molecule is COC1C(CO)OC(n2c3ccccc3c3c4c(c5c6ccccc6[nH]c5c32)C(=O)NC4=O)C(OC(=O)C(N)CCCCN)C1O. The highest BCUT2D eigenvalue weighted by molar-refractivity contribution is 6.39. The number of fused-ring (bicyclic) bond motifs is 10. The van der Waals surface area contributed by atoms with Gasteiger partial charge >= 0.3 is 5.97 Å². The third-order valence-electron chi connectivity index (χ3n) is 9.15. The van der Waals surface area contributed by atoms with Gasteiger partial charge in [0.15, 0.2) is 12.3 Å². The van der Waals surface area contributed by atoms with Gasteiger partial charge in [0.05, 0.1) is 34.3 Å². The molecule has 13 heteroatoms. The van der Waals surface area contributed by atoms with E-state index in [-0.39, 0.29) is 11.1 Å². The number of rotatable bonds is 9. The number of methoxy groups -OCH3 is 1. The van der Waals surface area contributed by atoms with Crippen molar-refractivity contribution in [3.8, 4) is 0 Å². The van der Waals surface area contributed by atoms with Crippen LogP contribution in [0.1, 0.15) is 46.2 Å². The summed E-state index contributed by atoms with van der Waals surface area (Å²) in [5.41, 5.74) is 14.6. The molecule has 5 aromatic rings. The average molecular weight is 630 g/mol. The Bertz CT molecular complexity index is 2020. The van der Waals surface area contributed by atoms with E-state index in [0.717, 1.165) is 10.9 Å². The van der Waals surface area contributed by atoms with E-state index >= 15 is 0 Å². The number of H-pyrrole nitrogens is 1. The number of hydrogen-bond acceptors (Lipinski definition) is 10. The molecule has 1 saturated heterocycles. The van der Waals surface area contributed by atoms with E-state index in [1.54, 1.807) is 10.6 Å². The third-order valence-corrected chi connectivity index (χ3v) is 9.15. The first-order chi connectivity index (χ1) is 22.3. The van der Waals surface area contributed by atoms with E-state index in [4.69, 9.17) is 25.7 Å². The molecule has 240 valence electrons. The van der Waals surface area contributed by atoms with Crippen LogP contribution in [0.5, 0.6) is 0 Å². The molecule has 46 heavy (non-hydrogen) atoms. The molecule has 2 aromatic heterocycles. The van der Waals surface area contributed by atoms with E-state index in [2.05, 4.69) is 10.3 Å². The Morgan fingerprint density at radius 2 is 1.72 bits per heavy atom. The molecule has 6 atom stereocenters. The smallest absolute Gasteiger partial charge is 0.323 e. The van der Waals surface area contributed by atoms with Crippen molar-refractivity contribution in [2.24, 2.45) is 11.5 Å². The lowest BCUT2D eigenvalue weighted by atomic mass is 9.96. The van der Waals surface area contributed by atoms with Gasteiger partial charge in [0.1, 0.15) is 24.4 Å². The predicted octanol–water partition coefficient (Wildman–Crippen LogP) is 1.95. The Balaban J connectivity index is 1.52. The topological polar surface area (TPSA) is 204 Å². The number of carbonyl (C=O) groups is 3. The van der Waals surface area contributed by atoms with Gasteiger partial charge in [-0.25, -0.2) is 0 Å². The van der Waals surface area contributed by atoms with Crippen molar-refractivity contribution in [2.45, 2.75) is 55.9 Å². The lowest BCUT2D eigenvalue weighted by molar-refractivity contribution is -0.262. The quantitative estimate of drug-likeness (QED) is 0.0794. The predicted molar refractivity (Wildman–Crippen MR) is 169 cm³/mol. The molecule has 0 radical (unpaired) electrons. The van der Waals surface area contributed by atoms with Gasteiger partial charge in [-0.2, -0.15) is 0 Å². The number of para-hydroxylation sites is 2. The number of amides is 2. The summed E-state index contributed by atoms with van der Waals surface area (Å²) in [6.07, 6.45) is -4.41. The van der Waals surface area contributed by atoms with Gasteiger partial charge in [-0.15, -0.1) is 0 Å². The van der Waals surface area contributed by atoms with Gasteiger partial charge in [0.25, 0.3) is 11.8 Å². The average Bonchev–Trinajstić information content (AvgIpc) is 3.70. The molecule has 7 rings (SSSR count). The van der Waals surface area contributed by atoms with Gasteiger partial charge < -0.3 is 45.4 Å². The molecule has 0 aliphatic carbocycles. The summed E-state index contributed by atoms with van der Waals surface area (Å²) >= 11 is 0. The first-order valence-corrected chi connectivity index (χ1v) is 15.3. The summed E-state index contributed by atoms with van der Waals surface area (Å²) in [5.74, 6) is -1.78. The molecule has 1 fully saturated rings. The number of nitrogens with zero attached hydrogens (tertiary/aromatic N) is 1. The normalized spacial score (nSPS) is 23.8. The number of hydrogen-bond donors (Lipinski definition) is 6. The van der Waals surface area contributed by atoms with Crippen molar-refractivity contribution in [3.05, 3.63) is 59.7 Å². The zero-order chi connectivity index (χ0) is 32.3. The molecule has 2 amide bonds. The zero-order valence-electron chi connectivity index (χ0n) is 25.1. The Kier molecular flexibility index (Phi) is 7.75. The van der Waals surface area contributed by atoms with Gasteiger partial charge in [0, 0.05) is 34.2 Å². The van der Waals surface area contributed by atoms with Crippen LogP contribution in [0.15, 0.2) is 48.5 Å². The van der Waals surface area contributed by atoms with E-state index in [9.17, 15) is 24.6 Å². The number of aromatic nitrogens is 2. The Hall–Kier alpha value is -4.37. The maximum Gasteiger partial charge on any atom is 0.323 e. The fourth-order valence-corrected chi connectivity index (χ4v) is 7.07. The summed E-state index contributed by atoms with van der Waals surface area (Å²) < 4.78 is 19.7. The van der Waals surface area contributed by atoms with Crippen molar-refractivity contribution < 1.29 is 38.8 Å². The van der Waals surface area contributed by atoms with Crippen molar-refractivity contribution in [3.63, 3.8) is 0 Å². The van der Waals surface area contributed by atoms with Crippen LogP contribution in [0.25, 0.3) is 43.6 Å². The fourth-order valence-electron chi connectivity index (χ4n) is 7.07. The summed E-state index contributed by atoms with van der Waals surface area (Å²) in [4.78, 5) is 43.6. The molecular formula is C33H35N5O8. The van der Waals surface area contributed by atoms with Gasteiger partial charge in [-0.1, -0.05) is 42.8 Å². The van der Waals surface area contributed by atoms with Gasteiger partial charge in [-0.05, 0) is 31.5 Å². The number of aromatic amines is 1. The largest absolute Gasteiger partial charge is 0.453 e. The number of esters is 1. The molecule has 2 aliphatic rings. The number of ether oxygens (including phenoxy) is 3. The zero-order valence-corrected chi connectivity index (χ0v) is 25.1. The third kappa shape index (κ3) is 4.50. The molecule has 13 nitrogen and oxygen atoms in total. The molecule has 0 spiro atoms. The summed E-state index contributed by atoms with van der Waals surface area (Å²) in [7, 11) is 1.37. The highest BCUT2D eigenvalue weighted by Gasteiger charge is 2.50. The number of unbranched alkanes of at least 4 members (excludes halogenated alkanes) is 1. The first-order valence-electron chi connectivity index (χ1n) is 15.3. The van der Waals surface area contributed by atoms with Crippen molar-refractivity contribution >= 4 is 61.4 Å². The Morgan fingerprint density at radius 3 is 2.43 bits per heavy atom. The lowest BCUT2D eigenvalue weighted by Gasteiger charge is -2.44. The monoisotopic (exact) mass is 629 g/mol.